The Morgan fingerprint density at radius 2 is 1.79 bits per heavy atom. The van der Waals surface area contributed by atoms with Crippen LogP contribution in [0.2, 0.25) is 0 Å². The molecule has 1 aliphatic heterocycles. The van der Waals surface area contributed by atoms with Gasteiger partial charge in [-0.05, 0) is 7.05 Å². The Balaban J connectivity index is 0.000000861. The lowest BCUT2D eigenvalue weighted by atomic mass is 10.3. The summed E-state index contributed by atoms with van der Waals surface area (Å²) in [7, 11) is 5.56. The van der Waals surface area contributed by atoms with Crippen molar-refractivity contribution in [2.45, 2.75) is 13.8 Å². The highest BCUT2D eigenvalue weighted by molar-refractivity contribution is 5.47. The summed E-state index contributed by atoms with van der Waals surface area (Å²) < 4.78 is 5.18. The van der Waals surface area contributed by atoms with Gasteiger partial charge < -0.3 is 19.9 Å². The Labute approximate surface area is 115 Å². The van der Waals surface area contributed by atoms with Crippen molar-refractivity contribution in [3.8, 4) is 5.88 Å². The van der Waals surface area contributed by atoms with Crippen molar-refractivity contribution in [1.29, 1.82) is 0 Å². The summed E-state index contributed by atoms with van der Waals surface area (Å²) in [6, 6.07) is 1.88. The molecule has 0 aliphatic carbocycles. The summed E-state index contributed by atoms with van der Waals surface area (Å²) in [5.41, 5.74) is 0. The number of hydrogen-bond acceptors (Lipinski definition) is 6. The molecule has 0 aromatic carbocycles. The second-order valence-electron chi connectivity index (χ2n) is 4.13. The van der Waals surface area contributed by atoms with Crippen molar-refractivity contribution in [1.82, 2.24) is 14.9 Å². The van der Waals surface area contributed by atoms with E-state index in [4.69, 9.17) is 4.74 Å². The van der Waals surface area contributed by atoms with E-state index in [1.54, 1.807) is 7.11 Å². The fourth-order valence-corrected chi connectivity index (χ4v) is 1.83. The van der Waals surface area contributed by atoms with Crippen molar-refractivity contribution in [2.75, 3.05) is 57.6 Å². The van der Waals surface area contributed by atoms with Crippen molar-refractivity contribution < 1.29 is 4.74 Å². The molecule has 1 fully saturated rings. The quantitative estimate of drug-likeness (QED) is 0.891. The number of hydrogen-bond donors (Lipinski definition) is 1. The van der Waals surface area contributed by atoms with Crippen molar-refractivity contribution in [2.24, 2.45) is 0 Å². The molecule has 1 aliphatic rings. The van der Waals surface area contributed by atoms with Crippen LogP contribution in [0.5, 0.6) is 5.88 Å². The number of likely N-dealkylation sites (N-methyl/N-ethyl adjacent to an activating group) is 1. The first kappa shape index (κ1) is 15.5. The van der Waals surface area contributed by atoms with E-state index in [9.17, 15) is 0 Å². The van der Waals surface area contributed by atoms with Crippen molar-refractivity contribution in [3.05, 3.63) is 6.07 Å². The van der Waals surface area contributed by atoms with E-state index in [-0.39, 0.29) is 0 Å². The van der Waals surface area contributed by atoms with Gasteiger partial charge in [0.2, 0.25) is 11.8 Å². The lowest BCUT2D eigenvalue weighted by Crippen LogP contribution is -2.44. The predicted molar refractivity (Wildman–Crippen MR) is 79.2 cm³/mol. The van der Waals surface area contributed by atoms with E-state index in [0.29, 0.717) is 11.8 Å². The molecule has 6 heteroatoms. The standard InChI is InChI=1S/C11H19N5O.C2H6/c1-12-11-13-9(8-10(14-11)17-3)16-6-4-15(2)5-7-16;1-2/h8H,4-7H2,1-3H3,(H,12,13,14);1-2H3. The first-order valence-corrected chi connectivity index (χ1v) is 6.77. The van der Waals surface area contributed by atoms with Crippen LogP contribution in [-0.4, -0.2) is 62.3 Å². The van der Waals surface area contributed by atoms with E-state index >= 15 is 0 Å². The molecule has 6 nitrogen and oxygen atoms in total. The zero-order chi connectivity index (χ0) is 14.3. The fourth-order valence-electron chi connectivity index (χ4n) is 1.83. The summed E-state index contributed by atoms with van der Waals surface area (Å²) >= 11 is 0. The Morgan fingerprint density at radius 3 is 2.32 bits per heavy atom. The van der Waals surface area contributed by atoms with Gasteiger partial charge in [-0.15, -0.1) is 0 Å². The number of anilines is 2. The Hall–Kier alpha value is -1.56. The van der Waals surface area contributed by atoms with E-state index in [0.717, 1.165) is 32.0 Å². The minimum Gasteiger partial charge on any atom is -0.481 e. The number of rotatable bonds is 3. The van der Waals surface area contributed by atoms with Crippen LogP contribution in [-0.2, 0) is 0 Å². The number of nitrogens with one attached hydrogen (secondary N) is 1. The molecule has 1 aromatic heterocycles. The topological polar surface area (TPSA) is 53.5 Å². The van der Waals surface area contributed by atoms with E-state index in [2.05, 4.69) is 32.1 Å². The highest BCUT2D eigenvalue weighted by atomic mass is 16.5. The molecule has 0 unspecified atom stereocenters. The number of methoxy groups -OCH3 is 1. The van der Waals surface area contributed by atoms with Gasteiger partial charge >= 0.3 is 0 Å². The number of piperazine rings is 1. The fraction of sp³-hybridized carbons (Fsp3) is 0.692. The summed E-state index contributed by atoms with van der Waals surface area (Å²) in [6.45, 7) is 8.09. The molecule has 0 amide bonds. The van der Waals surface area contributed by atoms with Crippen LogP contribution in [0.4, 0.5) is 11.8 Å². The molecular weight excluding hydrogens is 242 g/mol. The van der Waals surface area contributed by atoms with Gasteiger partial charge in [0.25, 0.3) is 0 Å². The Morgan fingerprint density at radius 1 is 1.16 bits per heavy atom. The van der Waals surface area contributed by atoms with Crippen molar-refractivity contribution in [3.63, 3.8) is 0 Å². The van der Waals surface area contributed by atoms with E-state index in [1.807, 2.05) is 27.0 Å². The van der Waals surface area contributed by atoms with Gasteiger partial charge in [-0.25, -0.2) is 0 Å². The van der Waals surface area contributed by atoms with Crippen LogP contribution in [0.1, 0.15) is 13.8 Å². The van der Waals surface area contributed by atoms with Crippen molar-refractivity contribution >= 4 is 11.8 Å². The molecule has 2 rings (SSSR count). The molecule has 0 bridgehead atoms. The molecule has 19 heavy (non-hydrogen) atoms. The zero-order valence-corrected chi connectivity index (χ0v) is 12.6. The number of ether oxygens (including phenoxy) is 1. The largest absolute Gasteiger partial charge is 0.481 e. The SMILES string of the molecule is CC.CNc1nc(OC)cc(N2CCN(C)CC2)n1. The Kier molecular flexibility index (Phi) is 6.35. The zero-order valence-electron chi connectivity index (χ0n) is 12.6. The van der Waals surface area contributed by atoms with Crippen LogP contribution in [0.3, 0.4) is 0 Å². The third-order valence-electron chi connectivity index (χ3n) is 2.95. The Bertz CT molecular complexity index is 355. The molecular formula is C13H25N5O. The smallest absolute Gasteiger partial charge is 0.227 e. The molecule has 0 spiro atoms. The average molecular weight is 267 g/mol. The van der Waals surface area contributed by atoms with Crippen LogP contribution in [0, 0.1) is 0 Å². The minimum atomic E-state index is 0.596. The molecule has 0 saturated carbocycles. The predicted octanol–water partition coefficient (Wildman–Crippen LogP) is 1.30. The average Bonchev–Trinajstić information content (AvgIpc) is 2.49. The van der Waals surface area contributed by atoms with Gasteiger partial charge in [-0.3, -0.25) is 0 Å². The first-order valence-electron chi connectivity index (χ1n) is 6.77. The maximum absolute atomic E-state index is 5.18. The van der Waals surface area contributed by atoms with Gasteiger partial charge in [-0.2, -0.15) is 9.97 Å². The third-order valence-corrected chi connectivity index (χ3v) is 2.95. The van der Waals surface area contributed by atoms with Gasteiger partial charge in [0.15, 0.2) is 0 Å². The van der Waals surface area contributed by atoms with Gasteiger partial charge in [0.05, 0.1) is 7.11 Å². The van der Waals surface area contributed by atoms with Crippen LogP contribution < -0.4 is 15.0 Å². The minimum absolute atomic E-state index is 0.596. The second-order valence-corrected chi connectivity index (χ2v) is 4.13. The lowest BCUT2D eigenvalue weighted by molar-refractivity contribution is 0.311. The van der Waals surface area contributed by atoms with Crippen LogP contribution in [0.25, 0.3) is 0 Å². The monoisotopic (exact) mass is 267 g/mol. The van der Waals surface area contributed by atoms with E-state index in [1.165, 1.54) is 0 Å². The molecule has 2 heterocycles. The molecule has 108 valence electrons. The number of nitrogens with zero attached hydrogens (tertiary/aromatic N) is 4. The summed E-state index contributed by atoms with van der Waals surface area (Å²) in [5.74, 6) is 2.12. The second kappa shape index (κ2) is 7.78. The summed E-state index contributed by atoms with van der Waals surface area (Å²) in [6.07, 6.45) is 0. The normalized spacial score (nSPS) is 15.5. The van der Waals surface area contributed by atoms with Crippen LogP contribution >= 0.6 is 0 Å². The van der Waals surface area contributed by atoms with Gasteiger partial charge in [-0.1, -0.05) is 13.8 Å². The summed E-state index contributed by atoms with van der Waals surface area (Å²) in [4.78, 5) is 13.2. The number of aromatic nitrogens is 2. The van der Waals surface area contributed by atoms with Gasteiger partial charge in [0.1, 0.15) is 5.82 Å². The maximum atomic E-state index is 5.18. The molecule has 0 atom stereocenters. The maximum Gasteiger partial charge on any atom is 0.227 e. The summed E-state index contributed by atoms with van der Waals surface area (Å²) in [5, 5.41) is 2.95. The molecule has 1 aromatic rings. The lowest BCUT2D eigenvalue weighted by Gasteiger charge is -2.33. The molecule has 0 radical (unpaired) electrons. The highest BCUT2D eigenvalue weighted by Crippen LogP contribution is 2.20. The van der Waals surface area contributed by atoms with Crippen LogP contribution in [0.15, 0.2) is 6.07 Å². The molecule has 1 saturated heterocycles. The molecule has 1 N–H and O–H groups in total. The third kappa shape index (κ3) is 4.24. The first-order chi connectivity index (χ1) is 9.22. The van der Waals surface area contributed by atoms with E-state index < -0.39 is 0 Å². The van der Waals surface area contributed by atoms with Gasteiger partial charge in [0, 0.05) is 39.3 Å². The highest BCUT2D eigenvalue weighted by Gasteiger charge is 2.17.